The zero-order valence-corrected chi connectivity index (χ0v) is 15.1. The van der Waals surface area contributed by atoms with Crippen molar-refractivity contribution < 1.29 is 20.0 Å². The molecule has 0 atom stereocenters. The molecule has 1 saturated heterocycles. The number of quaternary nitrogens is 1. The van der Waals surface area contributed by atoms with Gasteiger partial charge in [0.1, 0.15) is 0 Å². The van der Waals surface area contributed by atoms with Crippen molar-refractivity contribution in [3.05, 3.63) is 24.3 Å². The van der Waals surface area contributed by atoms with E-state index in [4.69, 9.17) is 45.3 Å². The summed E-state index contributed by atoms with van der Waals surface area (Å²) in [4.78, 5) is 13.6. The fourth-order valence-electron chi connectivity index (χ4n) is 1.47. The number of hydrogen-bond donors (Lipinski definition) is 2. The van der Waals surface area contributed by atoms with Gasteiger partial charge in [-0.2, -0.15) is 0 Å². The van der Waals surface area contributed by atoms with Gasteiger partial charge in [-0.05, 0) is 12.1 Å². The summed E-state index contributed by atoms with van der Waals surface area (Å²) in [6.07, 6.45) is 0. The van der Waals surface area contributed by atoms with E-state index in [0.29, 0.717) is 5.13 Å². The largest absolute Gasteiger partial charge is 0.545 e. The number of carbonyl (C=O) groups is 1. The highest BCUT2D eigenvalue weighted by molar-refractivity contribution is 7.22. The molecule has 128 valence electrons. The zero-order chi connectivity index (χ0) is 17.3. The number of anilines is 1. The Morgan fingerprint density at radius 1 is 1.30 bits per heavy atom. The van der Waals surface area contributed by atoms with Crippen LogP contribution in [-0.4, -0.2) is 41.0 Å². The number of alkyl halides is 3. The lowest BCUT2D eigenvalue weighted by atomic mass is 10.3. The number of carboxylic acid groups (broad SMARTS) is 1. The first-order valence-corrected chi connectivity index (χ1v) is 8.54. The molecule has 0 bridgehead atoms. The number of carboxylic acids is 1. The maximum Gasteiger partial charge on any atom is 0.230 e. The fourth-order valence-corrected chi connectivity index (χ4v) is 2.20. The number of aromatic nitrogens is 1. The predicted octanol–water partition coefficient (Wildman–Crippen LogP) is 0.565. The van der Waals surface area contributed by atoms with Crippen molar-refractivity contribution in [1.29, 1.82) is 0 Å². The van der Waals surface area contributed by atoms with Gasteiger partial charge in [-0.15, -0.1) is 0 Å². The highest BCUT2D eigenvalue weighted by Gasteiger charge is 2.20. The normalized spacial score (nSPS) is 14.2. The number of fused-ring (bicyclic) bond motifs is 1. The third kappa shape index (κ3) is 8.55. The van der Waals surface area contributed by atoms with Crippen molar-refractivity contribution in [2.45, 2.75) is 3.79 Å². The number of morpholine rings is 1. The van der Waals surface area contributed by atoms with Crippen LogP contribution in [0, 0.1) is 0 Å². The molecule has 6 nitrogen and oxygen atoms in total. The number of halogens is 3. The molecule has 0 unspecified atom stereocenters. The van der Waals surface area contributed by atoms with E-state index in [1.54, 1.807) is 0 Å². The van der Waals surface area contributed by atoms with Crippen molar-refractivity contribution in [3.63, 3.8) is 0 Å². The minimum absolute atomic E-state index is 0.640. The Morgan fingerprint density at radius 2 is 1.87 bits per heavy atom. The molecule has 1 aromatic carbocycles. The maximum absolute atomic E-state index is 9.51. The Kier molecular flexibility index (Phi) is 8.90. The molecule has 1 aliphatic rings. The zero-order valence-electron chi connectivity index (χ0n) is 12.0. The third-order valence-corrected chi connectivity index (χ3v) is 3.80. The summed E-state index contributed by atoms with van der Waals surface area (Å²) in [5.74, 6) is -1.71. The van der Waals surface area contributed by atoms with E-state index in [2.05, 4.69) is 10.3 Å². The Morgan fingerprint density at radius 3 is 2.26 bits per heavy atom. The molecular weight excluding hydrogens is 385 g/mol. The molecule has 0 aliphatic carbocycles. The van der Waals surface area contributed by atoms with Crippen LogP contribution in [0.3, 0.4) is 0 Å². The predicted molar refractivity (Wildman–Crippen MR) is 91.8 cm³/mol. The van der Waals surface area contributed by atoms with Crippen LogP contribution in [0.15, 0.2) is 24.3 Å². The standard InChI is InChI=1S/C7H6N2S.C4H9NO.C2HCl3O2/c8-7-9-5-3-1-2-4-6(5)10-7;1-3-6-4-2-5-1;3-2(4,5)1(6)7/h1-4H,(H2,8,9);5H,1-4H2;(H,6,7). The van der Waals surface area contributed by atoms with E-state index >= 15 is 0 Å². The van der Waals surface area contributed by atoms with Crippen molar-refractivity contribution in [2.75, 3.05) is 32.0 Å². The number of nitrogen functional groups attached to an aromatic ring is 1. The van der Waals surface area contributed by atoms with Crippen LogP contribution < -0.4 is 16.2 Å². The van der Waals surface area contributed by atoms with Gasteiger partial charge in [-0.1, -0.05) is 58.3 Å². The molecule has 10 heteroatoms. The van der Waals surface area contributed by atoms with E-state index in [1.165, 1.54) is 11.3 Å². The van der Waals surface area contributed by atoms with E-state index in [9.17, 15) is 9.90 Å². The van der Waals surface area contributed by atoms with E-state index in [-0.39, 0.29) is 0 Å². The Balaban J connectivity index is 0.000000181. The maximum atomic E-state index is 9.51. The molecule has 0 spiro atoms. The number of benzene rings is 1. The highest BCUT2D eigenvalue weighted by Crippen LogP contribution is 2.24. The Bertz CT molecular complexity index is 571. The molecule has 1 aromatic heterocycles. The van der Waals surface area contributed by atoms with Gasteiger partial charge in [0.25, 0.3) is 0 Å². The number of carbonyl (C=O) groups excluding carboxylic acids is 1. The Hall–Kier alpha value is -0.830. The van der Waals surface area contributed by atoms with E-state index in [1.807, 2.05) is 24.3 Å². The number of nitrogens with two attached hydrogens (primary N) is 2. The highest BCUT2D eigenvalue weighted by atomic mass is 35.6. The number of rotatable bonds is 0. The topological polar surface area (TPSA) is 105 Å². The van der Waals surface area contributed by atoms with Crippen molar-refractivity contribution >= 4 is 67.5 Å². The molecular formula is C13H16Cl3N3O3S. The number of nitrogens with zero attached hydrogens (tertiary/aromatic N) is 1. The SMILES string of the molecule is C1COCC[NH2+]1.Nc1nc2ccccc2s1.O=C([O-])C(Cl)(Cl)Cl. The van der Waals surface area contributed by atoms with Gasteiger partial charge in [0.15, 0.2) is 5.13 Å². The molecule has 0 saturated carbocycles. The smallest absolute Gasteiger partial charge is 0.230 e. The second-order valence-corrected chi connectivity index (χ2v) is 7.63. The molecule has 2 aromatic rings. The number of thiazole rings is 1. The Labute approximate surface area is 152 Å². The van der Waals surface area contributed by atoms with Gasteiger partial charge in [-0.25, -0.2) is 4.98 Å². The molecule has 23 heavy (non-hydrogen) atoms. The van der Waals surface area contributed by atoms with Crippen molar-refractivity contribution in [1.82, 2.24) is 4.98 Å². The molecule has 2 heterocycles. The van der Waals surface area contributed by atoms with Gasteiger partial charge >= 0.3 is 0 Å². The summed E-state index contributed by atoms with van der Waals surface area (Å²) < 4.78 is 3.91. The first-order chi connectivity index (χ1) is 10.8. The van der Waals surface area contributed by atoms with E-state index < -0.39 is 9.76 Å². The first kappa shape index (κ1) is 20.2. The lowest BCUT2D eigenvalue weighted by Crippen LogP contribution is -2.87. The molecule has 0 amide bonds. The number of ether oxygens (including phenoxy) is 1. The average Bonchev–Trinajstić information content (AvgIpc) is 2.89. The summed E-state index contributed by atoms with van der Waals surface area (Å²) in [6.45, 7) is 4.19. The summed E-state index contributed by atoms with van der Waals surface area (Å²) in [6, 6.07) is 7.92. The van der Waals surface area contributed by atoms with Crippen LogP contribution in [0.25, 0.3) is 10.2 Å². The summed E-state index contributed by atoms with van der Waals surface area (Å²) in [5, 5.41) is 12.4. The van der Waals surface area contributed by atoms with Crippen LogP contribution in [-0.2, 0) is 9.53 Å². The molecule has 1 fully saturated rings. The van der Waals surface area contributed by atoms with Crippen LogP contribution in [0.4, 0.5) is 5.13 Å². The molecule has 0 radical (unpaired) electrons. The third-order valence-electron chi connectivity index (χ3n) is 2.47. The van der Waals surface area contributed by atoms with E-state index in [0.717, 1.165) is 36.5 Å². The van der Waals surface area contributed by atoms with Crippen molar-refractivity contribution in [3.8, 4) is 0 Å². The summed E-state index contributed by atoms with van der Waals surface area (Å²) in [5.41, 5.74) is 6.49. The number of para-hydroxylation sites is 1. The second-order valence-electron chi connectivity index (χ2n) is 4.28. The average molecular weight is 401 g/mol. The molecule has 4 N–H and O–H groups in total. The lowest BCUT2D eigenvalue weighted by Gasteiger charge is -2.09. The van der Waals surface area contributed by atoms with Crippen molar-refractivity contribution in [2.24, 2.45) is 0 Å². The number of aliphatic carboxylic acids is 1. The van der Waals surface area contributed by atoms with Gasteiger partial charge in [0.05, 0.1) is 42.5 Å². The quantitative estimate of drug-likeness (QED) is 0.629. The second kappa shape index (κ2) is 10.1. The monoisotopic (exact) mass is 399 g/mol. The van der Waals surface area contributed by atoms with Gasteiger partial charge < -0.3 is 25.7 Å². The van der Waals surface area contributed by atoms with Crippen LogP contribution >= 0.6 is 46.1 Å². The molecule has 1 aliphatic heterocycles. The van der Waals surface area contributed by atoms with Gasteiger partial charge in [0, 0.05) is 0 Å². The minimum atomic E-state index is -2.28. The van der Waals surface area contributed by atoms with Gasteiger partial charge in [0.2, 0.25) is 3.79 Å². The summed E-state index contributed by atoms with van der Waals surface area (Å²) >= 11 is 15.7. The van der Waals surface area contributed by atoms with Crippen LogP contribution in [0.2, 0.25) is 0 Å². The minimum Gasteiger partial charge on any atom is -0.545 e. The number of hydrogen-bond acceptors (Lipinski definition) is 6. The lowest BCUT2D eigenvalue weighted by molar-refractivity contribution is -0.670. The van der Waals surface area contributed by atoms with Crippen LogP contribution in [0.1, 0.15) is 0 Å². The summed E-state index contributed by atoms with van der Waals surface area (Å²) in [7, 11) is 0. The first-order valence-electron chi connectivity index (χ1n) is 6.59. The molecule has 3 rings (SSSR count). The van der Waals surface area contributed by atoms with Gasteiger partial charge in [-0.3, -0.25) is 0 Å². The fraction of sp³-hybridized carbons (Fsp3) is 0.385. The van der Waals surface area contributed by atoms with Crippen LogP contribution in [0.5, 0.6) is 0 Å².